The van der Waals surface area contributed by atoms with Gasteiger partial charge in [-0.1, -0.05) is 35.3 Å². The third-order valence-corrected chi connectivity index (χ3v) is 5.74. The molecule has 5 aromatic rings. The molecular formula is C23H15Cl2N5O3. The molecule has 0 aliphatic carbocycles. The van der Waals surface area contributed by atoms with E-state index in [1.165, 1.54) is 6.20 Å². The number of ether oxygens (including phenoxy) is 1. The first-order chi connectivity index (χ1) is 16.0. The fraction of sp³-hybridized carbons (Fsp3) is 0.0870. The molecule has 33 heavy (non-hydrogen) atoms. The van der Waals surface area contributed by atoms with Crippen molar-refractivity contribution >= 4 is 39.9 Å². The number of rotatable bonds is 6. The minimum atomic E-state index is -0.504. The maximum absolute atomic E-state index is 13.4. The summed E-state index contributed by atoms with van der Waals surface area (Å²) in [5.74, 6) is -0.0330. The van der Waals surface area contributed by atoms with Crippen LogP contribution in [0.4, 0.5) is 0 Å². The van der Waals surface area contributed by atoms with E-state index in [-0.39, 0.29) is 22.5 Å². The van der Waals surface area contributed by atoms with Gasteiger partial charge in [-0.25, -0.2) is 0 Å². The number of aromatic nitrogens is 5. The van der Waals surface area contributed by atoms with E-state index in [1.807, 2.05) is 28.8 Å². The highest BCUT2D eigenvalue weighted by Gasteiger charge is 2.27. The molecule has 3 heterocycles. The Morgan fingerprint density at radius 1 is 1.06 bits per heavy atom. The van der Waals surface area contributed by atoms with E-state index in [0.29, 0.717) is 28.4 Å². The van der Waals surface area contributed by atoms with Crippen LogP contribution in [-0.4, -0.2) is 37.9 Å². The lowest BCUT2D eigenvalue weighted by atomic mass is 10.1. The van der Waals surface area contributed by atoms with Crippen LogP contribution < -0.4 is 4.74 Å². The monoisotopic (exact) mass is 479 g/mol. The van der Waals surface area contributed by atoms with Crippen LogP contribution in [0.3, 0.4) is 0 Å². The van der Waals surface area contributed by atoms with Gasteiger partial charge in [-0.15, -0.1) is 15.3 Å². The number of benzene rings is 2. The molecule has 0 atom stereocenters. The minimum absolute atomic E-state index is 0.0880. The van der Waals surface area contributed by atoms with Crippen LogP contribution in [-0.2, 0) is 6.54 Å². The summed E-state index contributed by atoms with van der Waals surface area (Å²) < 4.78 is 12.8. The molecule has 0 saturated heterocycles. The number of halogens is 2. The number of hydrogen-bond acceptors (Lipinski definition) is 7. The molecule has 164 valence electrons. The number of carbonyl (C=O) groups excluding carboxylic acids is 1. The molecule has 0 saturated carbocycles. The van der Waals surface area contributed by atoms with Gasteiger partial charge in [0.05, 0.1) is 18.2 Å². The van der Waals surface area contributed by atoms with E-state index in [4.69, 9.17) is 32.4 Å². The summed E-state index contributed by atoms with van der Waals surface area (Å²) >= 11 is 12.8. The van der Waals surface area contributed by atoms with E-state index in [2.05, 4.69) is 20.4 Å². The highest BCUT2D eigenvalue weighted by molar-refractivity contribution is 6.36. The predicted molar refractivity (Wildman–Crippen MR) is 123 cm³/mol. The second-order valence-corrected chi connectivity index (χ2v) is 7.91. The Morgan fingerprint density at radius 3 is 2.61 bits per heavy atom. The van der Waals surface area contributed by atoms with Crippen LogP contribution >= 0.6 is 23.2 Å². The van der Waals surface area contributed by atoms with Crippen molar-refractivity contribution in [2.45, 2.75) is 6.54 Å². The number of hydrogen-bond donors (Lipinski definition) is 0. The van der Waals surface area contributed by atoms with Gasteiger partial charge in [0.15, 0.2) is 0 Å². The van der Waals surface area contributed by atoms with Crippen LogP contribution in [0.25, 0.3) is 22.5 Å². The second-order valence-electron chi connectivity index (χ2n) is 7.11. The summed E-state index contributed by atoms with van der Waals surface area (Å²) in [6, 6.07) is 16.2. The van der Waals surface area contributed by atoms with Crippen LogP contribution in [0.1, 0.15) is 21.8 Å². The summed E-state index contributed by atoms with van der Waals surface area (Å²) in [5.41, 5.74) is 2.33. The third kappa shape index (κ3) is 3.94. The van der Waals surface area contributed by atoms with Crippen molar-refractivity contribution in [1.29, 1.82) is 0 Å². The lowest BCUT2D eigenvalue weighted by molar-refractivity contribution is 0.100. The topological polar surface area (TPSA) is 95.9 Å². The molecule has 2 aromatic carbocycles. The molecule has 5 rings (SSSR count). The Kier molecular flexibility index (Phi) is 5.53. The van der Waals surface area contributed by atoms with Gasteiger partial charge in [-0.2, -0.15) is 5.10 Å². The highest BCUT2D eigenvalue weighted by Crippen LogP contribution is 2.35. The van der Waals surface area contributed by atoms with Gasteiger partial charge in [0.25, 0.3) is 17.6 Å². The zero-order valence-electron chi connectivity index (χ0n) is 17.2. The average molecular weight is 480 g/mol. The summed E-state index contributed by atoms with van der Waals surface area (Å²) in [6.07, 6.45) is 1.52. The molecule has 0 N–H and O–H groups in total. The lowest BCUT2D eigenvalue weighted by Gasteiger charge is -2.08. The standard InChI is InChI=1S/C23H15Cl2N5O3/c1-32-15-8-9-18-16(11-15)19(21(25)30(18)12-13-4-6-14(24)7-5-13)20(31)23-29-28-22(33-23)17-3-2-10-26-27-17/h2-11H,12H2,1H3. The molecule has 8 nitrogen and oxygen atoms in total. The molecule has 0 fully saturated rings. The largest absolute Gasteiger partial charge is 0.497 e. The molecule has 0 bridgehead atoms. The van der Waals surface area contributed by atoms with Crippen LogP contribution in [0.5, 0.6) is 5.75 Å². The van der Waals surface area contributed by atoms with Crippen molar-refractivity contribution in [3.63, 3.8) is 0 Å². The molecular weight excluding hydrogens is 465 g/mol. The quantitative estimate of drug-likeness (QED) is 0.313. The van der Waals surface area contributed by atoms with Gasteiger partial charge >= 0.3 is 0 Å². The van der Waals surface area contributed by atoms with Gasteiger partial charge in [-0.05, 0) is 48.0 Å². The van der Waals surface area contributed by atoms with Gasteiger partial charge in [0.1, 0.15) is 16.6 Å². The van der Waals surface area contributed by atoms with Crippen molar-refractivity contribution < 1.29 is 13.9 Å². The Balaban J connectivity index is 1.61. The Bertz CT molecular complexity index is 1460. The number of ketones is 1. The summed E-state index contributed by atoms with van der Waals surface area (Å²) in [7, 11) is 1.56. The van der Waals surface area contributed by atoms with Crippen molar-refractivity contribution in [3.05, 3.63) is 88.0 Å². The zero-order valence-corrected chi connectivity index (χ0v) is 18.7. The highest BCUT2D eigenvalue weighted by atomic mass is 35.5. The van der Waals surface area contributed by atoms with Crippen LogP contribution in [0.2, 0.25) is 10.2 Å². The summed E-state index contributed by atoms with van der Waals surface area (Å²) in [4.78, 5) is 13.4. The van der Waals surface area contributed by atoms with E-state index >= 15 is 0 Å². The third-order valence-electron chi connectivity index (χ3n) is 5.10. The summed E-state index contributed by atoms with van der Waals surface area (Å²) in [6.45, 7) is 0.431. The Hall–Kier alpha value is -3.75. The lowest BCUT2D eigenvalue weighted by Crippen LogP contribution is -2.04. The molecule has 0 amide bonds. The summed E-state index contributed by atoms with van der Waals surface area (Å²) in [5, 5.41) is 17.1. The first-order valence-electron chi connectivity index (χ1n) is 9.81. The fourth-order valence-electron chi connectivity index (χ4n) is 3.51. The van der Waals surface area contributed by atoms with E-state index < -0.39 is 5.78 Å². The SMILES string of the molecule is COc1ccc2c(c1)c(C(=O)c1nnc(-c3cccnn3)o1)c(Cl)n2Cc1ccc(Cl)cc1. The normalized spacial score (nSPS) is 11.1. The van der Waals surface area contributed by atoms with Crippen molar-refractivity contribution in [3.8, 4) is 17.3 Å². The van der Waals surface area contributed by atoms with Gasteiger partial charge in [-0.3, -0.25) is 4.79 Å². The first-order valence-corrected chi connectivity index (χ1v) is 10.6. The first kappa shape index (κ1) is 21.1. The minimum Gasteiger partial charge on any atom is -0.497 e. The smallest absolute Gasteiger partial charge is 0.289 e. The van der Waals surface area contributed by atoms with Crippen molar-refractivity contribution in [2.75, 3.05) is 7.11 Å². The Morgan fingerprint density at radius 2 is 1.88 bits per heavy atom. The molecule has 0 aliphatic rings. The second kappa shape index (κ2) is 8.65. The van der Waals surface area contributed by atoms with E-state index in [0.717, 1.165) is 11.1 Å². The van der Waals surface area contributed by atoms with Gasteiger partial charge < -0.3 is 13.7 Å². The fourth-order valence-corrected chi connectivity index (χ4v) is 3.98. The maximum Gasteiger partial charge on any atom is 0.289 e. The number of nitrogens with zero attached hydrogens (tertiary/aromatic N) is 5. The number of fused-ring (bicyclic) bond motifs is 1. The van der Waals surface area contributed by atoms with Crippen LogP contribution in [0, 0.1) is 0 Å². The maximum atomic E-state index is 13.4. The van der Waals surface area contributed by atoms with E-state index in [9.17, 15) is 4.79 Å². The predicted octanol–water partition coefficient (Wildman–Crippen LogP) is 5.08. The molecule has 0 spiro atoms. The van der Waals surface area contributed by atoms with Gasteiger partial charge in [0, 0.05) is 23.2 Å². The average Bonchev–Trinajstić information content (AvgIpc) is 3.44. The van der Waals surface area contributed by atoms with E-state index in [1.54, 1.807) is 37.4 Å². The van der Waals surface area contributed by atoms with Crippen LogP contribution in [0.15, 0.2) is 65.2 Å². The number of carbonyl (C=O) groups is 1. The Labute approximate surface area is 197 Å². The number of methoxy groups -OCH3 is 1. The molecule has 3 aromatic heterocycles. The molecule has 0 aliphatic heterocycles. The van der Waals surface area contributed by atoms with Crippen molar-refractivity contribution in [1.82, 2.24) is 25.0 Å². The van der Waals surface area contributed by atoms with Crippen molar-refractivity contribution in [2.24, 2.45) is 0 Å². The zero-order chi connectivity index (χ0) is 22.9. The molecule has 10 heteroatoms. The molecule has 0 radical (unpaired) electrons. The molecule has 0 unspecified atom stereocenters. The van der Waals surface area contributed by atoms with Gasteiger partial charge in [0.2, 0.25) is 0 Å².